The van der Waals surface area contributed by atoms with Gasteiger partial charge in [-0.05, 0) is 36.8 Å². The van der Waals surface area contributed by atoms with E-state index in [9.17, 15) is 0 Å². The minimum atomic E-state index is 0.895. The molecule has 1 N–H and O–H groups in total. The largest absolute Gasteiger partial charge is 0.497 e. The van der Waals surface area contributed by atoms with Crippen LogP contribution in [0.3, 0.4) is 0 Å². The topological polar surface area (TPSA) is 28.9 Å². The third-order valence-corrected chi connectivity index (χ3v) is 3.65. The number of nitrogens with one attached hydrogen (secondary N) is 1. The molecule has 1 aromatic heterocycles. The van der Waals surface area contributed by atoms with Crippen LogP contribution in [0, 0.1) is 0 Å². The molecule has 1 heterocycles. The average Bonchev–Trinajstić information content (AvgIpc) is 2.85. The molecule has 102 valence electrons. The van der Waals surface area contributed by atoms with Gasteiger partial charge in [-0.15, -0.1) is 0 Å². The number of para-hydroxylation sites is 2. The summed E-state index contributed by atoms with van der Waals surface area (Å²) in [4.78, 5) is 3.52. The maximum Gasteiger partial charge on any atom is 0.259 e. The first-order valence-corrected chi connectivity index (χ1v) is 6.94. The molecule has 20 heavy (non-hydrogen) atoms. The molecule has 3 nitrogen and oxygen atoms in total. The molecule has 0 bridgehead atoms. The van der Waals surface area contributed by atoms with Gasteiger partial charge in [-0.25, -0.2) is 9.55 Å². The van der Waals surface area contributed by atoms with Crippen molar-refractivity contribution in [3.63, 3.8) is 0 Å². The maximum atomic E-state index is 5.20. The van der Waals surface area contributed by atoms with E-state index in [-0.39, 0.29) is 0 Å². The number of hydrogen-bond acceptors (Lipinski definition) is 1. The van der Waals surface area contributed by atoms with Gasteiger partial charge in [0.25, 0.3) is 5.82 Å². The average molecular weight is 267 g/mol. The first-order valence-electron chi connectivity index (χ1n) is 6.94. The van der Waals surface area contributed by atoms with Crippen molar-refractivity contribution in [1.29, 1.82) is 0 Å². The first kappa shape index (κ1) is 12.7. The molecule has 2 aromatic carbocycles. The van der Waals surface area contributed by atoms with E-state index in [4.69, 9.17) is 4.74 Å². The van der Waals surface area contributed by atoms with Crippen molar-refractivity contribution in [2.24, 2.45) is 0 Å². The third-order valence-electron chi connectivity index (χ3n) is 3.65. The van der Waals surface area contributed by atoms with Gasteiger partial charge in [-0.3, -0.25) is 0 Å². The van der Waals surface area contributed by atoms with E-state index >= 15 is 0 Å². The number of nitrogens with zero attached hydrogens (tertiary/aromatic N) is 1. The highest BCUT2D eigenvalue weighted by molar-refractivity contribution is 5.71. The highest BCUT2D eigenvalue weighted by Gasteiger charge is 2.16. The van der Waals surface area contributed by atoms with Gasteiger partial charge in [0.15, 0.2) is 11.0 Å². The van der Waals surface area contributed by atoms with Crippen LogP contribution in [-0.4, -0.2) is 12.1 Å². The van der Waals surface area contributed by atoms with Crippen LogP contribution in [0.5, 0.6) is 5.75 Å². The lowest BCUT2D eigenvalue weighted by Crippen LogP contribution is -2.35. The molecule has 0 fully saturated rings. The monoisotopic (exact) mass is 267 g/mol. The second-order valence-corrected chi connectivity index (χ2v) is 4.86. The Labute approximate surface area is 118 Å². The Bertz CT molecular complexity index is 713. The number of aryl methyl sites for hydroxylation is 1. The molecule has 0 aliphatic carbocycles. The number of ether oxygens (including phenoxy) is 1. The summed E-state index contributed by atoms with van der Waals surface area (Å²) in [6.07, 6.45) is 0.895. The molecule has 0 aliphatic rings. The number of H-pyrrole nitrogens is 1. The van der Waals surface area contributed by atoms with E-state index < -0.39 is 0 Å². The molecule has 0 atom stereocenters. The molecule has 0 saturated heterocycles. The molecule has 0 unspecified atom stereocenters. The van der Waals surface area contributed by atoms with E-state index in [1.165, 1.54) is 22.4 Å². The summed E-state index contributed by atoms with van der Waals surface area (Å²) in [5.74, 6) is 2.13. The van der Waals surface area contributed by atoms with Gasteiger partial charge < -0.3 is 4.74 Å². The summed E-state index contributed by atoms with van der Waals surface area (Å²) in [6.45, 7) is 3.15. The molecule has 0 spiro atoms. The third kappa shape index (κ3) is 2.27. The lowest BCUT2D eigenvalue weighted by atomic mass is 10.1. The van der Waals surface area contributed by atoms with E-state index in [1.54, 1.807) is 7.11 Å². The van der Waals surface area contributed by atoms with Crippen LogP contribution >= 0.6 is 0 Å². The second kappa shape index (κ2) is 5.37. The van der Waals surface area contributed by atoms with Gasteiger partial charge in [-0.2, -0.15) is 0 Å². The van der Waals surface area contributed by atoms with Gasteiger partial charge >= 0.3 is 0 Å². The van der Waals surface area contributed by atoms with Gasteiger partial charge in [0.1, 0.15) is 5.75 Å². The predicted octanol–water partition coefficient (Wildman–Crippen LogP) is 3.07. The van der Waals surface area contributed by atoms with Crippen molar-refractivity contribution >= 4 is 11.0 Å². The van der Waals surface area contributed by atoms with Gasteiger partial charge in [-0.1, -0.05) is 24.3 Å². The number of imidazole rings is 1. The van der Waals surface area contributed by atoms with E-state index in [0.717, 1.165) is 18.7 Å². The van der Waals surface area contributed by atoms with Gasteiger partial charge in [0, 0.05) is 0 Å². The van der Waals surface area contributed by atoms with Crippen molar-refractivity contribution in [1.82, 2.24) is 4.98 Å². The fourth-order valence-electron chi connectivity index (χ4n) is 2.62. The SMILES string of the molecule is CC[n+]1c(Cc2ccc(OC)cc2)[nH]c2ccccc21. The number of aromatic amines is 1. The number of aromatic nitrogens is 2. The smallest absolute Gasteiger partial charge is 0.259 e. The van der Waals surface area contributed by atoms with Crippen LogP contribution in [0.1, 0.15) is 18.3 Å². The Morgan fingerprint density at radius 2 is 1.80 bits per heavy atom. The second-order valence-electron chi connectivity index (χ2n) is 4.86. The van der Waals surface area contributed by atoms with Crippen LogP contribution < -0.4 is 9.30 Å². The standard InChI is InChI=1S/C17H18N2O/c1-3-19-16-7-5-4-6-15(16)18-17(19)12-13-8-10-14(20-2)11-9-13/h4-11H,3,12H2,1-2H3/p+1. The number of benzene rings is 2. The van der Waals surface area contributed by atoms with Gasteiger partial charge in [0.2, 0.25) is 0 Å². The minimum absolute atomic E-state index is 0.895. The van der Waals surface area contributed by atoms with Crippen LogP contribution in [0.2, 0.25) is 0 Å². The number of fused-ring (bicyclic) bond motifs is 1. The molecule has 3 heteroatoms. The minimum Gasteiger partial charge on any atom is -0.497 e. The Kier molecular flexibility index (Phi) is 3.42. The lowest BCUT2D eigenvalue weighted by molar-refractivity contribution is -0.674. The van der Waals surface area contributed by atoms with Crippen molar-refractivity contribution < 1.29 is 9.30 Å². The van der Waals surface area contributed by atoms with Crippen LogP contribution in [0.15, 0.2) is 48.5 Å². The summed E-state index contributed by atoms with van der Waals surface area (Å²) in [7, 11) is 1.69. The molecular formula is C17H19N2O+. The zero-order chi connectivity index (χ0) is 13.9. The van der Waals surface area contributed by atoms with Crippen LogP contribution in [0.4, 0.5) is 0 Å². The van der Waals surface area contributed by atoms with E-state index in [2.05, 4.69) is 52.9 Å². The Morgan fingerprint density at radius 3 is 2.50 bits per heavy atom. The van der Waals surface area contributed by atoms with Crippen molar-refractivity contribution in [3.05, 3.63) is 59.9 Å². The molecule has 3 aromatic rings. The lowest BCUT2D eigenvalue weighted by Gasteiger charge is -2.02. The summed E-state index contributed by atoms with van der Waals surface area (Å²) < 4.78 is 7.53. The number of hydrogen-bond donors (Lipinski definition) is 1. The molecule has 0 saturated carbocycles. The molecule has 3 rings (SSSR count). The Hall–Kier alpha value is -2.29. The number of rotatable bonds is 4. The zero-order valence-corrected chi connectivity index (χ0v) is 11.9. The normalized spacial score (nSPS) is 10.9. The maximum absolute atomic E-state index is 5.20. The highest BCUT2D eigenvalue weighted by atomic mass is 16.5. The summed E-state index contributed by atoms with van der Waals surface area (Å²) in [5, 5.41) is 0. The zero-order valence-electron chi connectivity index (χ0n) is 11.9. The number of methoxy groups -OCH3 is 1. The fraction of sp³-hybridized carbons (Fsp3) is 0.235. The summed E-state index contributed by atoms with van der Waals surface area (Å²) in [6, 6.07) is 16.7. The Morgan fingerprint density at radius 1 is 1.05 bits per heavy atom. The van der Waals surface area contributed by atoms with Crippen molar-refractivity contribution in [3.8, 4) is 5.75 Å². The van der Waals surface area contributed by atoms with Crippen molar-refractivity contribution in [2.45, 2.75) is 19.9 Å². The molecular weight excluding hydrogens is 248 g/mol. The summed E-state index contributed by atoms with van der Waals surface area (Å²) in [5.41, 5.74) is 3.73. The van der Waals surface area contributed by atoms with Crippen molar-refractivity contribution in [2.75, 3.05) is 7.11 Å². The van der Waals surface area contributed by atoms with Crippen LogP contribution in [-0.2, 0) is 13.0 Å². The summed E-state index contributed by atoms with van der Waals surface area (Å²) >= 11 is 0. The highest BCUT2D eigenvalue weighted by Crippen LogP contribution is 2.15. The van der Waals surface area contributed by atoms with E-state index in [1.807, 2.05) is 12.1 Å². The Balaban J connectivity index is 1.96. The quantitative estimate of drug-likeness (QED) is 0.723. The molecule has 0 amide bonds. The molecule has 0 radical (unpaired) electrons. The molecule has 0 aliphatic heterocycles. The van der Waals surface area contributed by atoms with Gasteiger partial charge in [0.05, 0.1) is 20.1 Å². The van der Waals surface area contributed by atoms with Crippen LogP contribution in [0.25, 0.3) is 11.0 Å². The predicted molar refractivity (Wildman–Crippen MR) is 80.0 cm³/mol. The van der Waals surface area contributed by atoms with E-state index in [0.29, 0.717) is 0 Å². The first-order chi connectivity index (χ1) is 9.81. The fourth-order valence-corrected chi connectivity index (χ4v) is 2.62.